The molecule has 2 aromatic carbocycles. The van der Waals surface area contributed by atoms with E-state index in [0.29, 0.717) is 11.1 Å². The topological polar surface area (TPSA) is 21.3 Å². The Balaban J connectivity index is 2.52. The molecule has 1 N–H and O–H groups in total. The van der Waals surface area contributed by atoms with Gasteiger partial charge in [-0.25, -0.2) is 8.78 Å². The highest BCUT2D eigenvalue weighted by Crippen LogP contribution is 2.29. The van der Waals surface area contributed by atoms with Crippen LogP contribution < -0.4 is 10.1 Å². The van der Waals surface area contributed by atoms with Crippen LogP contribution in [0.3, 0.4) is 0 Å². The minimum absolute atomic E-state index is 0.177. The van der Waals surface area contributed by atoms with Gasteiger partial charge >= 0.3 is 0 Å². The van der Waals surface area contributed by atoms with Crippen molar-refractivity contribution >= 4 is 0 Å². The highest BCUT2D eigenvalue weighted by Gasteiger charge is 2.19. The molecule has 0 spiro atoms. The molecule has 0 aliphatic rings. The molecule has 0 heterocycles. The second-order valence-electron chi connectivity index (χ2n) is 4.65. The van der Waals surface area contributed by atoms with Gasteiger partial charge in [0.2, 0.25) is 0 Å². The Bertz CT molecular complexity index is 593. The Morgan fingerprint density at radius 1 is 1.15 bits per heavy atom. The van der Waals surface area contributed by atoms with Crippen LogP contribution in [0.2, 0.25) is 0 Å². The molecule has 1 unspecified atom stereocenters. The Morgan fingerprint density at radius 2 is 1.90 bits per heavy atom. The summed E-state index contributed by atoms with van der Waals surface area (Å²) in [7, 11) is 3.13. The third-order valence-corrected chi connectivity index (χ3v) is 3.21. The minimum Gasteiger partial charge on any atom is -0.494 e. The van der Waals surface area contributed by atoms with E-state index < -0.39 is 11.9 Å². The SMILES string of the molecule is CNC(c1cc(C)cc(F)c1)c1cccc(OC)c1F. The number of nitrogens with one attached hydrogen (secondary N) is 1. The molecule has 0 aromatic heterocycles. The van der Waals surface area contributed by atoms with Gasteiger partial charge in [0, 0.05) is 5.56 Å². The Kier molecular flexibility index (Phi) is 4.35. The van der Waals surface area contributed by atoms with Crippen LogP contribution in [0.1, 0.15) is 22.7 Å². The van der Waals surface area contributed by atoms with Crippen molar-refractivity contribution in [3.8, 4) is 5.75 Å². The van der Waals surface area contributed by atoms with Crippen LogP contribution in [0.5, 0.6) is 5.75 Å². The molecule has 4 heteroatoms. The molecular formula is C16H17F2NO. The van der Waals surface area contributed by atoms with E-state index in [4.69, 9.17) is 4.74 Å². The first kappa shape index (κ1) is 14.5. The zero-order chi connectivity index (χ0) is 14.7. The quantitative estimate of drug-likeness (QED) is 0.922. The van der Waals surface area contributed by atoms with Crippen molar-refractivity contribution in [3.05, 3.63) is 64.7 Å². The fraction of sp³-hybridized carbons (Fsp3) is 0.250. The molecule has 2 rings (SSSR count). The third-order valence-electron chi connectivity index (χ3n) is 3.21. The van der Waals surface area contributed by atoms with Crippen molar-refractivity contribution in [1.82, 2.24) is 5.32 Å². The van der Waals surface area contributed by atoms with Crippen LogP contribution >= 0.6 is 0 Å². The van der Waals surface area contributed by atoms with E-state index >= 15 is 0 Å². The van der Waals surface area contributed by atoms with E-state index in [9.17, 15) is 8.78 Å². The largest absolute Gasteiger partial charge is 0.494 e. The number of halogens is 2. The summed E-state index contributed by atoms with van der Waals surface area (Å²) in [5, 5.41) is 3.02. The summed E-state index contributed by atoms with van der Waals surface area (Å²) >= 11 is 0. The van der Waals surface area contributed by atoms with E-state index in [1.807, 2.05) is 6.07 Å². The maximum atomic E-state index is 14.3. The first-order valence-corrected chi connectivity index (χ1v) is 6.33. The van der Waals surface area contributed by atoms with Crippen molar-refractivity contribution in [2.45, 2.75) is 13.0 Å². The standard InChI is InChI=1S/C16H17F2NO/c1-10-7-11(9-12(17)8-10)16(19-2)13-5-4-6-14(20-3)15(13)18/h4-9,16,19H,1-3H3. The summed E-state index contributed by atoms with van der Waals surface area (Å²) in [5.74, 6) is -0.587. The fourth-order valence-corrected chi connectivity index (χ4v) is 2.34. The summed E-state index contributed by atoms with van der Waals surface area (Å²) in [4.78, 5) is 0. The van der Waals surface area contributed by atoms with Gasteiger partial charge in [-0.2, -0.15) is 0 Å². The van der Waals surface area contributed by atoms with Crippen LogP contribution in [0.25, 0.3) is 0 Å². The van der Waals surface area contributed by atoms with Crippen LogP contribution in [-0.4, -0.2) is 14.2 Å². The van der Waals surface area contributed by atoms with Crippen molar-refractivity contribution < 1.29 is 13.5 Å². The Labute approximate surface area is 117 Å². The fourth-order valence-electron chi connectivity index (χ4n) is 2.34. The van der Waals surface area contributed by atoms with E-state index in [-0.39, 0.29) is 11.6 Å². The molecule has 0 bridgehead atoms. The Morgan fingerprint density at radius 3 is 2.50 bits per heavy atom. The molecule has 0 aliphatic carbocycles. The number of rotatable bonds is 4. The van der Waals surface area contributed by atoms with Crippen LogP contribution in [0.15, 0.2) is 36.4 Å². The summed E-state index contributed by atoms with van der Waals surface area (Å²) in [6, 6.07) is 9.20. The van der Waals surface area contributed by atoms with E-state index in [1.165, 1.54) is 19.2 Å². The average Bonchev–Trinajstić information content (AvgIpc) is 2.40. The number of hydrogen-bond acceptors (Lipinski definition) is 2. The smallest absolute Gasteiger partial charge is 0.170 e. The minimum atomic E-state index is -0.434. The third kappa shape index (κ3) is 2.80. The number of aryl methyl sites for hydroxylation is 1. The Hall–Kier alpha value is -1.94. The zero-order valence-electron chi connectivity index (χ0n) is 11.7. The number of methoxy groups -OCH3 is 1. The molecule has 106 valence electrons. The van der Waals surface area contributed by atoms with Gasteiger partial charge < -0.3 is 10.1 Å². The van der Waals surface area contributed by atoms with Gasteiger partial charge in [-0.15, -0.1) is 0 Å². The zero-order valence-corrected chi connectivity index (χ0v) is 11.7. The van der Waals surface area contributed by atoms with E-state index in [0.717, 1.165) is 5.56 Å². The first-order valence-electron chi connectivity index (χ1n) is 6.33. The average molecular weight is 277 g/mol. The maximum absolute atomic E-state index is 14.3. The van der Waals surface area contributed by atoms with Gasteiger partial charge in [0.1, 0.15) is 5.82 Å². The second-order valence-corrected chi connectivity index (χ2v) is 4.65. The molecule has 2 aromatic rings. The predicted octanol–water partition coefficient (Wildman–Crippen LogP) is 3.59. The normalized spacial score (nSPS) is 12.2. The van der Waals surface area contributed by atoms with Crippen molar-refractivity contribution in [1.29, 1.82) is 0 Å². The van der Waals surface area contributed by atoms with Crippen LogP contribution in [0, 0.1) is 18.6 Å². The lowest BCUT2D eigenvalue weighted by Gasteiger charge is -2.19. The highest BCUT2D eigenvalue weighted by atomic mass is 19.1. The van der Waals surface area contributed by atoms with Gasteiger partial charge in [-0.05, 0) is 43.3 Å². The summed E-state index contributed by atoms with van der Waals surface area (Å²) < 4.78 is 32.9. The second kappa shape index (κ2) is 6.01. The van der Waals surface area contributed by atoms with Crippen LogP contribution in [-0.2, 0) is 0 Å². The predicted molar refractivity (Wildman–Crippen MR) is 75.0 cm³/mol. The van der Waals surface area contributed by atoms with E-state index in [1.54, 1.807) is 32.2 Å². The highest BCUT2D eigenvalue weighted by molar-refractivity contribution is 5.39. The van der Waals surface area contributed by atoms with Crippen molar-refractivity contribution in [3.63, 3.8) is 0 Å². The molecule has 0 aliphatic heterocycles. The van der Waals surface area contributed by atoms with Gasteiger partial charge in [0.25, 0.3) is 0 Å². The van der Waals surface area contributed by atoms with Crippen molar-refractivity contribution in [2.24, 2.45) is 0 Å². The summed E-state index contributed by atoms with van der Waals surface area (Å²) in [6.45, 7) is 1.81. The molecule has 0 radical (unpaired) electrons. The molecular weight excluding hydrogens is 260 g/mol. The summed E-state index contributed by atoms with van der Waals surface area (Å²) in [5.41, 5.74) is 1.90. The van der Waals surface area contributed by atoms with Crippen molar-refractivity contribution in [2.75, 3.05) is 14.2 Å². The van der Waals surface area contributed by atoms with E-state index in [2.05, 4.69) is 5.32 Å². The summed E-state index contributed by atoms with van der Waals surface area (Å²) in [6.07, 6.45) is 0. The first-order chi connectivity index (χ1) is 9.56. The molecule has 20 heavy (non-hydrogen) atoms. The molecule has 0 saturated carbocycles. The molecule has 0 saturated heterocycles. The lowest BCUT2D eigenvalue weighted by Crippen LogP contribution is -2.19. The van der Waals surface area contributed by atoms with Gasteiger partial charge in [0.15, 0.2) is 11.6 Å². The maximum Gasteiger partial charge on any atom is 0.170 e. The number of hydrogen-bond donors (Lipinski definition) is 1. The number of benzene rings is 2. The molecule has 0 fully saturated rings. The molecule has 2 nitrogen and oxygen atoms in total. The monoisotopic (exact) mass is 277 g/mol. The van der Waals surface area contributed by atoms with Gasteiger partial charge in [0.05, 0.1) is 13.2 Å². The molecule has 1 atom stereocenters. The van der Waals surface area contributed by atoms with Crippen LogP contribution in [0.4, 0.5) is 8.78 Å². The molecule has 0 amide bonds. The van der Waals surface area contributed by atoms with Gasteiger partial charge in [-0.1, -0.05) is 18.2 Å². The number of ether oxygens (including phenoxy) is 1. The lowest BCUT2D eigenvalue weighted by molar-refractivity contribution is 0.382. The lowest BCUT2D eigenvalue weighted by atomic mass is 9.96. The van der Waals surface area contributed by atoms with Gasteiger partial charge in [-0.3, -0.25) is 0 Å².